The maximum atomic E-state index is 9.19. The lowest BCUT2D eigenvalue weighted by Gasteiger charge is -2.30. The summed E-state index contributed by atoms with van der Waals surface area (Å²) in [5.74, 6) is 0. The molecule has 19 heavy (non-hydrogen) atoms. The summed E-state index contributed by atoms with van der Waals surface area (Å²) in [6.45, 7) is 6.32. The Balaban J connectivity index is 2.51. The number of hydrogen-bond acceptors (Lipinski definition) is 3. The van der Waals surface area contributed by atoms with Gasteiger partial charge in [-0.25, -0.2) is 0 Å². The van der Waals surface area contributed by atoms with Gasteiger partial charge in [0.2, 0.25) is 0 Å². The summed E-state index contributed by atoms with van der Waals surface area (Å²) in [5.41, 5.74) is 7.42. The quantitative estimate of drug-likeness (QED) is 0.720. The zero-order valence-electron chi connectivity index (χ0n) is 12.3. The second-order valence-electron chi connectivity index (χ2n) is 5.04. The Bertz CT molecular complexity index is 325. The van der Waals surface area contributed by atoms with Crippen molar-refractivity contribution in [3.05, 3.63) is 35.9 Å². The molecule has 0 aliphatic heterocycles. The summed E-state index contributed by atoms with van der Waals surface area (Å²) in [4.78, 5) is 2.36. The van der Waals surface area contributed by atoms with Gasteiger partial charge in [-0.1, -0.05) is 44.2 Å². The minimum absolute atomic E-state index is 0.0803. The molecule has 3 N–H and O–H groups in total. The van der Waals surface area contributed by atoms with E-state index in [2.05, 4.69) is 30.9 Å². The molecule has 0 amide bonds. The van der Waals surface area contributed by atoms with Gasteiger partial charge in [-0.15, -0.1) is 0 Å². The molecule has 0 aliphatic rings. The number of nitrogens with zero attached hydrogens (tertiary/aromatic N) is 1. The zero-order chi connectivity index (χ0) is 14.1. The van der Waals surface area contributed by atoms with Crippen LogP contribution in [0, 0.1) is 0 Å². The van der Waals surface area contributed by atoms with E-state index in [4.69, 9.17) is 5.73 Å². The van der Waals surface area contributed by atoms with Crippen molar-refractivity contribution in [3.8, 4) is 0 Å². The van der Waals surface area contributed by atoms with Gasteiger partial charge < -0.3 is 10.8 Å². The molecule has 0 bridgehead atoms. The summed E-state index contributed by atoms with van der Waals surface area (Å²) in [7, 11) is 0. The summed E-state index contributed by atoms with van der Waals surface area (Å²) in [5, 5.41) is 9.19. The average Bonchev–Trinajstić information content (AvgIpc) is 2.46. The van der Waals surface area contributed by atoms with Gasteiger partial charge in [0.25, 0.3) is 0 Å². The molecule has 1 atom stereocenters. The van der Waals surface area contributed by atoms with E-state index in [1.54, 1.807) is 0 Å². The Morgan fingerprint density at radius 1 is 1.11 bits per heavy atom. The van der Waals surface area contributed by atoms with Crippen LogP contribution in [0.5, 0.6) is 0 Å². The van der Waals surface area contributed by atoms with Crippen LogP contribution < -0.4 is 5.73 Å². The molecule has 0 aromatic heterocycles. The highest BCUT2D eigenvalue weighted by Gasteiger charge is 2.16. The van der Waals surface area contributed by atoms with Crippen LogP contribution in [0.1, 0.15) is 44.7 Å². The number of aliphatic hydroxyl groups is 1. The molecule has 0 spiro atoms. The molecule has 1 aromatic carbocycles. The Kier molecular flexibility index (Phi) is 7.72. The van der Waals surface area contributed by atoms with Gasteiger partial charge in [0.05, 0.1) is 6.61 Å². The second kappa shape index (κ2) is 9.08. The molecular weight excluding hydrogens is 236 g/mol. The summed E-state index contributed by atoms with van der Waals surface area (Å²) in [6, 6.07) is 10.9. The van der Waals surface area contributed by atoms with E-state index in [0.717, 1.165) is 32.4 Å². The molecule has 0 radical (unpaired) electrons. The van der Waals surface area contributed by atoms with Crippen LogP contribution >= 0.6 is 0 Å². The SMILES string of the molecule is CCC(CC)N(CCO)CCC(N)c1ccccc1. The van der Waals surface area contributed by atoms with Gasteiger partial charge in [0, 0.05) is 25.2 Å². The Hall–Kier alpha value is -0.900. The molecule has 1 unspecified atom stereocenters. The lowest BCUT2D eigenvalue weighted by atomic mass is 10.0. The van der Waals surface area contributed by atoms with E-state index in [1.807, 2.05) is 18.2 Å². The van der Waals surface area contributed by atoms with Crippen LogP contribution in [0.15, 0.2) is 30.3 Å². The smallest absolute Gasteiger partial charge is 0.0558 e. The summed E-state index contributed by atoms with van der Waals surface area (Å²) >= 11 is 0. The maximum Gasteiger partial charge on any atom is 0.0558 e. The van der Waals surface area contributed by atoms with Gasteiger partial charge >= 0.3 is 0 Å². The molecule has 0 saturated heterocycles. The zero-order valence-corrected chi connectivity index (χ0v) is 12.3. The topological polar surface area (TPSA) is 49.5 Å². The molecule has 1 aromatic rings. The first-order valence-electron chi connectivity index (χ1n) is 7.38. The fraction of sp³-hybridized carbons (Fsp3) is 0.625. The van der Waals surface area contributed by atoms with Crippen LogP contribution in [0.2, 0.25) is 0 Å². The standard InChI is InChI=1S/C16H28N2O/c1-3-15(4-2)18(12-13-19)11-10-16(17)14-8-6-5-7-9-14/h5-9,15-16,19H,3-4,10-13,17H2,1-2H3. The van der Waals surface area contributed by atoms with Crippen molar-refractivity contribution in [2.75, 3.05) is 19.7 Å². The number of rotatable bonds is 9. The number of nitrogens with two attached hydrogens (primary N) is 1. The third kappa shape index (κ3) is 5.31. The van der Waals surface area contributed by atoms with Gasteiger partial charge in [-0.3, -0.25) is 4.90 Å². The highest BCUT2D eigenvalue weighted by Crippen LogP contribution is 2.16. The van der Waals surface area contributed by atoms with Crippen LogP contribution in [-0.2, 0) is 0 Å². The number of benzene rings is 1. The predicted octanol–water partition coefficient (Wildman–Crippen LogP) is 2.56. The van der Waals surface area contributed by atoms with Crippen molar-refractivity contribution in [1.29, 1.82) is 0 Å². The van der Waals surface area contributed by atoms with Crippen molar-refractivity contribution < 1.29 is 5.11 Å². The number of aliphatic hydroxyl groups excluding tert-OH is 1. The molecule has 3 heteroatoms. The molecule has 0 heterocycles. The fourth-order valence-corrected chi connectivity index (χ4v) is 2.58. The third-order valence-corrected chi connectivity index (χ3v) is 3.80. The lowest BCUT2D eigenvalue weighted by Crippen LogP contribution is -2.38. The lowest BCUT2D eigenvalue weighted by molar-refractivity contribution is 0.139. The third-order valence-electron chi connectivity index (χ3n) is 3.80. The van der Waals surface area contributed by atoms with E-state index < -0.39 is 0 Å². The Morgan fingerprint density at radius 3 is 2.26 bits per heavy atom. The van der Waals surface area contributed by atoms with Gasteiger partial charge in [0.1, 0.15) is 0 Å². The monoisotopic (exact) mass is 264 g/mol. The van der Waals surface area contributed by atoms with Crippen LogP contribution in [0.4, 0.5) is 0 Å². The van der Waals surface area contributed by atoms with E-state index in [-0.39, 0.29) is 12.6 Å². The van der Waals surface area contributed by atoms with Crippen molar-refractivity contribution >= 4 is 0 Å². The van der Waals surface area contributed by atoms with Crippen molar-refractivity contribution in [2.45, 2.75) is 45.2 Å². The molecular formula is C16H28N2O. The molecule has 1 rings (SSSR count). The minimum Gasteiger partial charge on any atom is -0.395 e. The van der Waals surface area contributed by atoms with Crippen LogP contribution in [0.25, 0.3) is 0 Å². The van der Waals surface area contributed by atoms with E-state index in [0.29, 0.717) is 6.04 Å². The number of hydrogen-bond donors (Lipinski definition) is 2. The first-order valence-corrected chi connectivity index (χ1v) is 7.38. The minimum atomic E-state index is 0.0803. The first kappa shape index (κ1) is 16.2. The normalized spacial score (nSPS) is 13.2. The van der Waals surface area contributed by atoms with E-state index in [9.17, 15) is 5.11 Å². The van der Waals surface area contributed by atoms with Gasteiger partial charge in [-0.05, 0) is 24.8 Å². The van der Waals surface area contributed by atoms with E-state index in [1.165, 1.54) is 5.56 Å². The summed E-state index contributed by atoms with van der Waals surface area (Å²) < 4.78 is 0. The van der Waals surface area contributed by atoms with Crippen molar-refractivity contribution in [2.24, 2.45) is 5.73 Å². The van der Waals surface area contributed by atoms with Crippen molar-refractivity contribution in [3.63, 3.8) is 0 Å². The van der Waals surface area contributed by atoms with Gasteiger partial charge in [0.15, 0.2) is 0 Å². The average molecular weight is 264 g/mol. The summed E-state index contributed by atoms with van der Waals surface area (Å²) in [6.07, 6.45) is 3.18. The van der Waals surface area contributed by atoms with E-state index >= 15 is 0 Å². The predicted molar refractivity (Wildman–Crippen MR) is 81.0 cm³/mol. The van der Waals surface area contributed by atoms with Gasteiger partial charge in [-0.2, -0.15) is 0 Å². The highest BCUT2D eigenvalue weighted by molar-refractivity contribution is 5.18. The van der Waals surface area contributed by atoms with Crippen LogP contribution in [-0.4, -0.2) is 35.7 Å². The molecule has 108 valence electrons. The Morgan fingerprint density at radius 2 is 1.74 bits per heavy atom. The molecule has 3 nitrogen and oxygen atoms in total. The molecule has 0 saturated carbocycles. The molecule has 0 fully saturated rings. The largest absolute Gasteiger partial charge is 0.395 e. The van der Waals surface area contributed by atoms with Crippen molar-refractivity contribution in [1.82, 2.24) is 4.90 Å². The Labute approximate surface area is 117 Å². The first-order chi connectivity index (χ1) is 9.22. The second-order valence-corrected chi connectivity index (χ2v) is 5.04. The highest BCUT2D eigenvalue weighted by atomic mass is 16.3. The fourth-order valence-electron chi connectivity index (χ4n) is 2.58. The molecule has 0 aliphatic carbocycles. The maximum absolute atomic E-state index is 9.19. The van der Waals surface area contributed by atoms with Crippen LogP contribution in [0.3, 0.4) is 0 Å².